The van der Waals surface area contributed by atoms with Crippen molar-refractivity contribution >= 4 is 29.3 Å². The molecule has 0 aromatic heterocycles. The predicted octanol–water partition coefficient (Wildman–Crippen LogP) is 2.27. The van der Waals surface area contributed by atoms with Crippen molar-refractivity contribution in [1.29, 1.82) is 0 Å². The van der Waals surface area contributed by atoms with Crippen molar-refractivity contribution in [2.75, 3.05) is 25.0 Å². The zero-order valence-corrected chi connectivity index (χ0v) is 12.1. The smallest absolute Gasteiger partial charge is 0.335 e. The van der Waals surface area contributed by atoms with Crippen molar-refractivity contribution in [2.45, 2.75) is 12.8 Å². The largest absolute Gasteiger partial charge is 0.478 e. The van der Waals surface area contributed by atoms with E-state index in [0.717, 1.165) is 12.8 Å². The lowest BCUT2D eigenvalue weighted by Gasteiger charge is -2.31. The van der Waals surface area contributed by atoms with Gasteiger partial charge in [0.15, 0.2) is 0 Å². The molecule has 0 aliphatic carbocycles. The molecule has 1 heterocycles. The number of hydrogen-bond acceptors (Lipinski definition) is 3. The van der Waals surface area contributed by atoms with Crippen molar-refractivity contribution < 1.29 is 19.8 Å². The SMILES string of the molecule is O=C(O)c1cc(Cl)cc(NC(=O)N2CCC(CO)CC2)c1. The van der Waals surface area contributed by atoms with E-state index in [1.54, 1.807) is 4.90 Å². The van der Waals surface area contributed by atoms with Crippen LogP contribution in [-0.2, 0) is 0 Å². The highest BCUT2D eigenvalue weighted by atomic mass is 35.5. The lowest BCUT2D eigenvalue weighted by atomic mass is 9.98. The molecule has 21 heavy (non-hydrogen) atoms. The van der Waals surface area contributed by atoms with Crippen LogP contribution < -0.4 is 5.32 Å². The van der Waals surface area contributed by atoms with Gasteiger partial charge >= 0.3 is 12.0 Å². The summed E-state index contributed by atoms with van der Waals surface area (Å²) in [5.41, 5.74) is 0.381. The number of aliphatic hydroxyl groups is 1. The molecule has 2 rings (SSSR count). The standard InChI is InChI=1S/C14H17ClN2O4/c15-11-5-10(13(19)20)6-12(7-11)16-14(21)17-3-1-9(8-18)2-4-17/h5-7,9,18H,1-4,8H2,(H,16,21)(H,19,20). The van der Waals surface area contributed by atoms with Gasteiger partial charge in [-0.25, -0.2) is 9.59 Å². The maximum absolute atomic E-state index is 12.1. The van der Waals surface area contributed by atoms with E-state index in [2.05, 4.69) is 5.32 Å². The van der Waals surface area contributed by atoms with E-state index in [0.29, 0.717) is 18.8 Å². The number of carbonyl (C=O) groups excluding carboxylic acids is 1. The number of carbonyl (C=O) groups is 2. The zero-order chi connectivity index (χ0) is 15.4. The fourth-order valence-corrected chi connectivity index (χ4v) is 2.54. The summed E-state index contributed by atoms with van der Waals surface area (Å²) in [6.45, 7) is 1.29. The zero-order valence-electron chi connectivity index (χ0n) is 11.4. The van der Waals surface area contributed by atoms with Crippen LogP contribution in [0.4, 0.5) is 10.5 Å². The number of amides is 2. The molecular weight excluding hydrogens is 296 g/mol. The normalized spacial score (nSPS) is 15.8. The van der Waals surface area contributed by atoms with Crippen molar-refractivity contribution in [3.05, 3.63) is 28.8 Å². The highest BCUT2D eigenvalue weighted by molar-refractivity contribution is 6.31. The van der Waals surface area contributed by atoms with Crippen molar-refractivity contribution in [3.63, 3.8) is 0 Å². The van der Waals surface area contributed by atoms with Gasteiger partial charge in [-0.2, -0.15) is 0 Å². The molecule has 1 fully saturated rings. The molecule has 2 amide bonds. The monoisotopic (exact) mass is 312 g/mol. The first kappa shape index (κ1) is 15.6. The van der Waals surface area contributed by atoms with Crippen LogP contribution in [0.1, 0.15) is 23.2 Å². The van der Waals surface area contributed by atoms with Crippen LogP contribution in [0.15, 0.2) is 18.2 Å². The summed E-state index contributed by atoms with van der Waals surface area (Å²) in [6, 6.07) is 3.91. The van der Waals surface area contributed by atoms with Gasteiger partial charge in [-0.3, -0.25) is 0 Å². The van der Waals surface area contributed by atoms with Gasteiger partial charge in [-0.15, -0.1) is 0 Å². The molecule has 1 aromatic rings. The summed E-state index contributed by atoms with van der Waals surface area (Å²) in [6.07, 6.45) is 1.53. The number of anilines is 1. The lowest BCUT2D eigenvalue weighted by molar-refractivity contribution is 0.0697. The topological polar surface area (TPSA) is 89.9 Å². The van der Waals surface area contributed by atoms with Gasteiger partial charge in [0.05, 0.1) is 5.56 Å². The summed E-state index contributed by atoms with van der Waals surface area (Å²) in [5, 5.41) is 21.0. The van der Waals surface area contributed by atoms with E-state index in [1.807, 2.05) is 0 Å². The first-order valence-corrected chi connectivity index (χ1v) is 7.08. The van der Waals surface area contributed by atoms with Crippen molar-refractivity contribution in [3.8, 4) is 0 Å². The van der Waals surface area contributed by atoms with Gasteiger partial charge < -0.3 is 20.4 Å². The molecular formula is C14H17ClN2O4. The van der Waals surface area contributed by atoms with Crippen LogP contribution >= 0.6 is 11.6 Å². The third-order valence-corrected chi connectivity index (χ3v) is 3.77. The Morgan fingerprint density at radius 3 is 2.52 bits per heavy atom. The van der Waals surface area contributed by atoms with E-state index in [9.17, 15) is 9.59 Å². The van der Waals surface area contributed by atoms with Gasteiger partial charge in [-0.05, 0) is 37.0 Å². The maximum atomic E-state index is 12.1. The molecule has 0 saturated carbocycles. The van der Waals surface area contributed by atoms with Crippen LogP contribution in [0.5, 0.6) is 0 Å². The number of hydrogen-bond donors (Lipinski definition) is 3. The molecule has 1 saturated heterocycles. The van der Waals surface area contributed by atoms with Crippen LogP contribution in [0.2, 0.25) is 5.02 Å². The Hall–Kier alpha value is -1.79. The number of rotatable bonds is 3. The quantitative estimate of drug-likeness (QED) is 0.798. The highest BCUT2D eigenvalue weighted by Crippen LogP contribution is 2.21. The average Bonchev–Trinajstić information content (AvgIpc) is 2.46. The predicted molar refractivity (Wildman–Crippen MR) is 78.8 cm³/mol. The second-order valence-electron chi connectivity index (χ2n) is 5.08. The number of nitrogens with zero attached hydrogens (tertiary/aromatic N) is 1. The number of halogens is 1. The van der Waals surface area contributed by atoms with E-state index in [-0.39, 0.29) is 29.1 Å². The number of likely N-dealkylation sites (tertiary alicyclic amines) is 1. The Kier molecular flexibility index (Phi) is 5.03. The molecule has 1 aliphatic rings. The first-order chi connectivity index (χ1) is 9.99. The molecule has 1 aliphatic heterocycles. The second-order valence-corrected chi connectivity index (χ2v) is 5.51. The minimum absolute atomic E-state index is 0.0248. The average molecular weight is 313 g/mol. The van der Waals surface area contributed by atoms with Crippen LogP contribution in [0.25, 0.3) is 0 Å². The van der Waals surface area contributed by atoms with Crippen LogP contribution in [0, 0.1) is 5.92 Å². The van der Waals surface area contributed by atoms with Gasteiger partial charge in [0.2, 0.25) is 0 Å². The number of carboxylic acids is 1. The third-order valence-electron chi connectivity index (χ3n) is 3.56. The van der Waals surface area contributed by atoms with E-state index in [1.165, 1.54) is 18.2 Å². The number of aliphatic hydroxyl groups excluding tert-OH is 1. The minimum Gasteiger partial charge on any atom is -0.478 e. The van der Waals surface area contributed by atoms with Gasteiger partial charge in [0.25, 0.3) is 0 Å². The summed E-state index contributed by atoms with van der Waals surface area (Å²) in [4.78, 5) is 24.7. The Morgan fingerprint density at radius 2 is 1.95 bits per heavy atom. The van der Waals surface area contributed by atoms with Gasteiger partial charge in [0, 0.05) is 30.4 Å². The van der Waals surface area contributed by atoms with E-state index in [4.69, 9.17) is 21.8 Å². The van der Waals surface area contributed by atoms with Crippen LogP contribution in [0.3, 0.4) is 0 Å². The second kappa shape index (κ2) is 6.78. The number of nitrogens with one attached hydrogen (secondary N) is 1. The molecule has 1 aromatic carbocycles. The molecule has 3 N–H and O–H groups in total. The van der Waals surface area contributed by atoms with E-state index < -0.39 is 5.97 Å². The fraction of sp³-hybridized carbons (Fsp3) is 0.429. The fourth-order valence-electron chi connectivity index (χ4n) is 2.31. The third kappa shape index (κ3) is 4.09. The van der Waals surface area contributed by atoms with E-state index >= 15 is 0 Å². The Morgan fingerprint density at radius 1 is 1.29 bits per heavy atom. The number of piperidine rings is 1. The van der Waals surface area contributed by atoms with Crippen LogP contribution in [-0.4, -0.2) is 46.8 Å². The number of urea groups is 1. The Bertz CT molecular complexity index is 542. The molecule has 0 spiro atoms. The van der Waals surface area contributed by atoms with Crippen molar-refractivity contribution in [2.24, 2.45) is 5.92 Å². The lowest BCUT2D eigenvalue weighted by Crippen LogP contribution is -2.41. The Balaban J connectivity index is 2.01. The minimum atomic E-state index is -1.10. The maximum Gasteiger partial charge on any atom is 0.335 e. The molecule has 0 bridgehead atoms. The Labute approximate surface area is 127 Å². The summed E-state index contributed by atoms with van der Waals surface area (Å²) in [5.74, 6) is -0.851. The highest BCUT2D eigenvalue weighted by Gasteiger charge is 2.22. The van der Waals surface area contributed by atoms with Gasteiger partial charge in [0.1, 0.15) is 0 Å². The molecule has 0 unspecified atom stereocenters. The molecule has 114 valence electrons. The first-order valence-electron chi connectivity index (χ1n) is 6.70. The van der Waals surface area contributed by atoms with Crippen molar-refractivity contribution in [1.82, 2.24) is 4.90 Å². The molecule has 0 atom stereocenters. The molecule has 0 radical (unpaired) electrons. The number of carboxylic acid groups (broad SMARTS) is 1. The van der Waals surface area contributed by atoms with Gasteiger partial charge in [-0.1, -0.05) is 11.6 Å². The molecule has 6 nitrogen and oxygen atoms in total. The number of benzene rings is 1. The summed E-state index contributed by atoms with van der Waals surface area (Å²) >= 11 is 5.85. The molecule has 7 heteroatoms. The summed E-state index contributed by atoms with van der Waals surface area (Å²) in [7, 11) is 0. The summed E-state index contributed by atoms with van der Waals surface area (Å²) < 4.78 is 0. The number of aromatic carboxylic acids is 1.